The Morgan fingerprint density at radius 3 is 2.87 bits per heavy atom. The number of benzene rings is 1. The van der Waals surface area contributed by atoms with Crippen molar-refractivity contribution in [3.8, 4) is 6.07 Å². The highest BCUT2D eigenvalue weighted by Gasteiger charge is 2.40. The van der Waals surface area contributed by atoms with Crippen molar-refractivity contribution in [3.05, 3.63) is 40.7 Å². The first kappa shape index (κ1) is 15.8. The summed E-state index contributed by atoms with van der Waals surface area (Å²) in [5.41, 5.74) is 0.803. The third kappa shape index (κ3) is 2.90. The average Bonchev–Trinajstić information content (AvgIpc) is 3.15. The summed E-state index contributed by atoms with van der Waals surface area (Å²) in [6, 6.07) is 7.57. The van der Waals surface area contributed by atoms with Crippen LogP contribution < -0.4 is 4.90 Å². The molecule has 1 saturated heterocycles. The maximum absolute atomic E-state index is 10.9. The normalized spacial score (nSPS) is 21.0. The molecule has 120 valence electrons. The van der Waals surface area contributed by atoms with E-state index < -0.39 is 5.60 Å². The van der Waals surface area contributed by atoms with Crippen molar-refractivity contribution < 1.29 is 5.11 Å². The fourth-order valence-corrected chi connectivity index (χ4v) is 3.00. The second-order valence-electron chi connectivity index (χ2n) is 6.15. The SMILES string of the molecule is CC(C)n1cc([C@@]2(O)CCN(c3ccc(Cl)cc3C#N)C2)nn1. The second kappa shape index (κ2) is 5.84. The summed E-state index contributed by atoms with van der Waals surface area (Å²) in [4.78, 5) is 1.99. The maximum Gasteiger partial charge on any atom is 0.129 e. The standard InChI is InChI=1S/C16H18ClN5O/c1-11(2)22-9-15(19-20-22)16(23)5-6-21(10-16)14-4-3-13(17)7-12(14)8-18/h3-4,7,9,11,23H,5-6,10H2,1-2H3/t16-/m1/s1. The van der Waals surface area contributed by atoms with Gasteiger partial charge in [0, 0.05) is 24.0 Å². The van der Waals surface area contributed by atoms with Gasteiger partial charge in [0.1, 0.15) is 17.4 Å². The van der Waals surface area contributed by atoms with Crippen molar-refractivity contribution in [2.24, 2.45) is 0 Å². The zero-order valence-electron chi connectivity index (χ0n) is 13.1. The maximum atomic E-state index is 10.9. The van der Waals surface area contributed by atoms with Crippen LogP contribution in [0.4, 0.5) is 5.69 Å². The summed E-state index contributed by atoms with van der Waals surface area (Å²) >= 11 is 5.95. The second-order valence-corrected chi connectivity index (χ2v) is 6.59. The Labute approximate surface area is 139 Å². The molecule has 0 radical (unpaired) electrons. The number of aromatic nitrogens is 3. The van der Waals surface area contributed by atoms with Gasteiger partial charge in [-0.1, -0.05) is 16.8 Å². The first-order valence-electron chi connectivity index (χ1n) is 7.52. The first-order valence-corrected chi connectivity index (χ1v) is 7.90. The quantitative estimate of drug-likeness (QED) is 0.934. The first-order chi connectivity index (χ1) is 10.9. The van der Waals surface area contributed by atoms with Crippen molar-refractivity contribution >= 4 is 17.3 Å². The van der Waals surface area contributed by atoms with Crippen LogP contribution >= 0.6 is 11.6 Å². The third-order valence-electron chi connectivity index (χ3n) is 4.18. The van der Waals surface area contributed by atoms with Crippen molar-refractivity contribution in [2.45, 2.75) is 31.9 Å². The van der Waals surface area contributed by atoms with E-state index in [1.165, 1.54) is 0 Å². The minimum atomic E-state index is -1.06. The zero-order valence-corrected chi connectivity index (χ0v) is 13.8. The number of nitrogens with zero attached hydrogens (tertiary/aromatic N) is 5. The van der Waals surface area contributed by atoms with Crippen LogP contribution in [0.15, 0.2) is 24.4 Å². The Morgan fingerprint density at radius 1 is 1.43 bits per heavy atom. The smallest absolute Gasteiger partial charge is 0.129 e. The summed E-state index contributed by atoms with van der Waals surface area (Å²) in [7, 11) is 0. The van der Waals surface area contributed by atoms with Crippen molar-refractivity contribution in [2.75, 3.05) is 18.0 Å². The molecule has 3 rings (SSSR count). The van der Waals surface area contributed by atoms with E-state index in [0.717, 1.165) is 5.69 Å². The Balaban J connectivity index is 1.86. The molecule has 23 heavy (non-hydrogen) atoms. The van der Waals surface area contributed by atoms with Crippen molar-refractivity contribution in [1.82, 2.24) is 15.0 Å². The highest BCUT2D eigenvalue weighted by molar-refractivity contribution is 6.30. The van der Waals surface area contributed by atoms with Gasteiger partial charge in [0.25, 0.3) is 0 Å². The lowest BCUT2D eigenvalue weighted by atomic mass is 10.00. The van der Waals surface area contributed by atoms with Crippen LogP contribution in [0.1, 0.15) is 37.6 Å². The van der Waals surface area contributed by atoms with E-state index in [4.69, 9.17) is 11.6 Å². The number of halogens is 1. The Kier molecular flexibility index (Phi) is 4.00. The van der Waals surface area contributed by atoms with Gasteiger partial charge in [-0.25, -0.2) is 4.68 Å². The summed E-state index contributed by atoms with van der Waals surface area (Å²) in [6.45, 7) is 5.04. The van der Waals surface area contributed by atoms with Crippen LogP contribution in [0, 0.1) is 11.3 Å². The topological polar surface area (TPSA) is 78.0 Å². The van der Waals surface area contributed by atoms with Gasteiger partial charge in [0.15, 0.2) is 0 Å². The molecule has 0 saturated carbocycles. The number of nitriles is 1. The van der Waals surface area contributed by atoms with Gasteiger partial charge in [-0.2, -0.15) is 5.26 Å². The minimum Gasteiger partial charge on any atom is -0.381 e. The van der Waals surface area contributed by atoms with Crippen molar-refractivity contribution in [1.29, 1.82) is 5.26 Å². The molecule has 1 fully saturated rings. The molecule has 1 aromatic carbocycles. The predicted molar refractivity (Wildman–Crippen MR) is 87.3 cm³/mol. The molecule has 0 bridgehead atoms. The van der Waals surface area contributed by atoms with Crippen LogP contribution in [-0.4, -0.2) is 33.2 Å². The van der Waals surface area contributed by atoms with Crippen molar-refractivity contribution in [3.63, 3.8) is 0 Å². The Hall–Kier alpha value is -2.10. The highest BCUT2D eigenvalue weighted by atomic mass is 35.5. The molecule has 0 spiro atoms. The molecule has 1 atom stereocenters. The highest BCUT2D eigenvalue weighted by Crippen LogP contribution is 2.35. The van der Waals surface area contributed by atoms with Gasteiger partial charge in [0.05, 0.1) is 24.0 Å². The van der Waals surface area contributed by atoms with Crippen LogP contribution in [0.2, 0.25) is 5.02 Å². The largest absolute Gasteiger partial charge is 0.381 e. The van der Waals surface area contributed by atoms with Crippen LogP contribution in [0.25, 0.3) is 0 Å². The third-order valence-corrected chi connectivity index (χ3v) is 4.42. The molecule has 1 aliphatic rings. The minimum absolute atomic E-state index is 0.193. The molecule has 0 amide bonds. The molecule has 2 aromatic rings. The van der Waals surface area contributed by atoms with E-state index in [0.29, 0.717) is 35.8 Å². The average molecular weight is 332 g/mol. The molecule has 6 nitrogen and oxygen atoms in total. The zero-order chi connectivity index (χ0) is 16.6. The van der Waals surface area contributed by atoms with E-state index in [-0.39, 0.29) is 6.04 Å². The van der Waals surface area contributed by atoms with Gasteiger partial charge < -0.3 is 10.0 Å². The number of aliphatic hydroxyl groups is 1. The molecule has 1 N–H and O–H groups in total. The van der Waals surface area contributed by atoms with Crippen LogP contribution in [0.5, 0.6) is 0 Å². The van der Waals surface area contributed by atoms with E-state index in [1.54, 1.807) is 23.0 Å². The number of hydrogen-bond donors (Lipinski definition) is 1. The lowest BCUT2D eigenvalue weighted by Crippen LogP contribution is -2.31. The number of rotatable bonds is 3. The number of β-amino-alcohol motifs (C(OH)–C–C–N with tert-alkyl or cyclic N) is 1. The Morgan fingerprint density at radius 2 is 2.22 bits per heavy atom. The molecule has 1 aromatic heterocycles. The van der Waals surface area contributed by atoms with E-state index in [1.807, 2.05) is 24.8 Å². The summed E-state index contributed by atoms with van der Waals surface area (Å²) in [5.74, 6) is 0. The van der Waals surface area contributed by atoms with E-state index >= 15 is 0 Å². The van der Waals surface area contributed by atoms with Gasteiger partial charge in [0.2, 0.25) is 0 Å². The lowest BCUT2D eigenvalue weighted by molar-refractivity contribution is 0.0559. The molecule has 1 aliphatic heterocycles. The molecule has 0 unspecified atom stereocenters. The summed E-state index contributed by atoms with van der Waals surface area (Å²) in [6.07, 6.45) is 2.33. The molecular weight excluding hydrogens is 314 g/mol. The predicted octanol–water partition coefficient (Wildman–Crippen LogP) is 2.48. The van der Waals surface area contributed by atoms with Gasteiger partial charge in [-0.3, -0.25) is 0 Å². The monoisotopic (exact) mass is 331 g/mol. The fourth-order valence-electron chi connectivity index (χ4n) is 2.82. The molecule has 2 heterocycles. The summed E-state index contributed by atoms with van der Waals surface area (Å²) < 4.78 is 1.74. The van der Waals surface area contributed by atoms with E-state index in [9.17, 15) is 10.4 Å². The fraction of sp³-hybridized carbons (Fsp3) is 0.438. The van der Waals surface area contributed by atoms with Crippen LogP contribution in [0.3, 0.4) is 0 Å². The number of hydrogen-bond acceptors (Lipinski definition) is 5. The molecule has 0 aliphatic carbocycles. The number of anilines is 1. The van der Waals surface area contributed by atoms with Gasteiger partial charge in [-0.05, 0) is 32.0 Å². The van der Waals surface area contributed by atoms with Gasteiger partial charge >= 0.3 is 0 Å². The molecular formula is C16H18ClN5O. The van der Waals surface area contributed by atoms with E-state index in [2.05, 4.69) is 16.4 Å². The summed E-state index contributed by atoms with van der Waals surface area (Å²) in [5, 5.41) is 29.0. The lowest BCUT2D eigenvalue weighted by Gasteiger charge is -2.23. The molecule has 7 heteroatoms. The Bertz CT molecular complexity index is 766. The van der Waals surface area contributed by atoms with Gasteiger partial charge in [-0.15, -0.1) is 5.10 Å². The van der Waals surface area contributed by atoms with Crippen LogP contribution in [-0.2, 0) is 5.60 Å².